The number of thiophene rings is 2. The van der Waals surface area contributed by atoms with E-state index in [2.05, 4.69) is 85.5 Å². The van der Waals surface area contributed by atoms with Gasteiger partial charge in [0.2, 0.25) is 0 Å². The topological polar surface area (TPSA) is 66.4 Å². The van der Waals surface area contributed by atoms with Crippen molar-refractivity contribution >= 4 is 100 Å². The Morgan fingerprint density at radius 2 is 0.711 bits per heavy atom. The van der Waals surface area contributed by atoms with E-state index in [1.54, 1.807) is 45.3 Å². The molecule has 0 spiro atoms. The Balaban J connectivity index is 1.45. The van der Waals surface area contributed by atoms with Gasteiger partial charge in [-0.05, 0) is 118 Å². The number of nitrogens with zero attached hydrogens (tertiary/aromatic N) is 4. The number of hydrogen-bond acceptors (Lipinski definition) is 8. The number of carbonyl (C=O) groups is 2. The fraction of sp³-hybridized carbons (Fsp3) is 0.688. The van der Waals surface area contributed by atoms with Crippen LogP contribution in [0, 0.1) is 11.8 Å². The van der Waals surface area contributed by atoms with E-state index in [4.69, 9.17) is 9.97 Å². The van der Waals surface area contributed by atoms with E-state index in [0.717, 1.165) is 82.5 Å². The highest BCUT2D eigenvalue weighted by atomic mass is 79.9. The third-order valence-electron chi connectivity index (χ3n) is 15.9. The summed E-state index contributed by atoms with van der Waals surface area (Å²) in [6.07, 6.45) is 45.0. The second-order valence-electron chi connectivity index (χ2n) is 22.3. The van der Waals surface area contributed by atoms with Crippen LogP contribution in [0.3, 0.4) is 0 Å². The summed E-state index contributed by atoms with van der Waals surface area (Å²) in [4.78, 5) is 51.0. The Bertz CT molecular complexity index is 2240. The lowest BCUT2D eigenvalue weighted by atomic mass is 9.93. The largest absolute Gasteiger partial charge is 0.304 e. The summed E-state index contributed by atoms with van der Waals surface area (Å²) in [5, 5.41) is 1.55. The third kappa shape index (κ3) is 18.5. The Morgan fingerprint density at radius 1 is 0.408 bits per heavy atom. The molecule has 76 heavy (non-hydrogen) atoms. The van der Waals surface area contributed by atoms with Crippen LogP contribution in [0.2, 0.25) is 0 Å². The number of carbonyl (C=O) groups excluding carboxylic acids is 2. The fourth-order valence-corrected chi connectivity index (χ4v) is 17.0. The molecule has 2 amide bonds. The summed E-state index contributed by atoms with van der Waals surface area (Å²) >= 11 is 14.7. The molecular weight excluding hydrogens is 1140 g/mol. The maximum absolute atomic E-state index is 16.0. The highest BCUT2D eigenvalue weighted by Crippen LogP contribution is 2.51. The van der Waals surface area contributed by atoms with Crippen LogP contribution in [-0.2, 0) is 22.4 Å². The van der Waals surface area contributed by atoms with E-state index < -0.39 is 0 Å². The van der Waals surface area contributed by atoms with Crippen molar-refractivity contribution in [2.75, 3.05) is 13.1 Å². The van der Waals surface area contributed by atoms with Crippen molar-refractivity contribution in [3.05, 3.63) is 64.4 Å². The molecule has 6 rings (SSSR count). The van der Waals surface area contributed by atoms with E-state index in [1.807, 2.05) is 22.2 Å². The molecule has 2 aliphatic heterocycles. The van der Waals surface area contributed by atoms with Crippen LogP contribution >= 0.6 is 77.2 Å². The molecule has 2 atom stereocenters. The SMILES string of the molecule is CCCCCCCCC(CCCCCC)CN1C(=O)C2=C(c3ncc(-c4cc(CCCCCC)c(Br)s4)s3)N(CC(CCCCCC)CCCCCCCC)C(=O)C2=C1c1ncc(-c2cc(CCCCCC)c(Br)s2)s1. The molecule has 0 radical (unpaired) electrons. The van der Waals surface area contributed by atoms with E-state index in [9.17, 15) is 0 Å². The zero-order valence-corrected chi connectivity index (χ0v) is 54.4. The lowest BCUT2D eigenvalue weighted by molar-refractivity contribution is -0.124. The van der Waals surface area contributed by atoms with Crippen molar-refractivity contribution in [3.8, 4) is 19.5 Å². The van der Waals surface area contributed by atoms with Gasteiger partial charge in [0.15, 0.2) is 0 Å². The number of aryl methyl sites for hydroxylation is 2. The Kier molecular flexibility index (Phi) is 29.1. The minimum absolute atomic E-state index is 0.0391. The summed E-state index contributed by atoms with van der Waals surface area (Å²) in [6, 6.07) is 4.69. The fourth-order valence-electron chi connectivity index (χ4n) is 11.4. The van der Waals surface area contributed by atoms with Gasteiger partial charge in [-0.25, -0.2) is 9.97 Å². The molecule has 0 saturated carbocycles. The van der Waals surface area contributed by atoms with Crippen LogP contribution < -0.4 is 0 Å². The molecule has 6 heterocycles. The lowest BCUT2D eigenvalue weighted by Gasteiger charge is -2.29. The lowest BCUT2D eigenvalue weighted by Crippen LogP contribution is -2.35. The van der Waals surface area contributed by atoms with E-state index in [0.29, 0.717) is 36.1 Å². The van der Waals surface area contributed by atoms with Crippen LogP contribution in [0.4, 0.5) is 0 Å². The van der Waals surface area contributed by atoms with Gasteiger partial charge in [0.05, 0.1) is 39.9 Å². The zero-order valence-electron chi connectivity index (χ0n) is 47.9. The summed E-state index contributed by atoms with van der Waals surface area (Å²) in [5.74, 6) is 0.596. The Labute approximate surface area is 494 Å². The number of fused-ring (bicyclic) bond motifs is 1. The van der Waals surface area contributed by atoms with Gasteiger partial charge in [0.1, 0.15) is 10.0 Å². The maximum atomic E-state index is 16.0. The van der Waals surface area contributed by atoms with Crippen molar-refractivity contribution in [2.24, 2.45) is 11.8 Å². The first-order valence-corrected chi connectivity index (χ1v) is 35.6. The molecule has 12 heteroatoms. The quantitative estimate of drug-likeness (QED) is 0.0415. The van der Waals surface area contributed by atoms with Crippen molar-refractivity contribution < 1.29 is 9.59 Å². The smallest absolute Gasteiger partial charge is 0.261 e. The summed E-state index contributed by atoms with van der Waals surface area (Å²) in [6.45, 7) is 14.9. The molecule has 0 N–H and O–H groups in total. The van der Waals surface area contributed by atoms with Crippen LogP contribution in [-0.4, -0.2) is 44.7 Å². The molecule has 6 nitrogen and oxygen atoms in total. The summed E-state index contributed by atoms with van der Waals surface area (Å²) < 4.78 is 2.38. The van der Waals surface area contributed by atoms with E-state index >= 15 is 9.59 Å². The monoisotopic (exact) mass is 1240 g/mol. The first-order valence-electron chi connectivity index (χ1n) is 30.8. The molecule has 422 valence electrons. The van der Waals surface area contributed by atoms with Crippen molar-refractivity contribution in [2.45, 2.75) is 260 Å². The predicted molar refractivity (Wildman–Crippen MR) is 340 cm³/mol. The average molecular weight is 1240 g/mol. The van der Waals surface area contributed by atoms with Crippen LogP contribution in [0.1, 0.15) is 268 Å². The first-order chi connectivity index (χ1) is 37.2. The van der Waals surface area contributed by atoms with Gasteiger partial charge in [-0.3, -0.25) is 9.59 Å². The molecule has 4 aromatic heterocycles. The molecule has 0 fully saturated rings. The van der Waals surface area contributed by atoms with Gasteiger partial charge >= 0.3 is 0 Å². The normalized spacial score (nSPS) is 14.7. The van der Waals surface area contributed by atoms with Crippen molar-refractivity contribution in [3.63, 3.8) is 0 Å². The molecule has 2 unspecified atom stereocenters. The molecule has 0 aromatic carbocycles. The molecular formula is C64H96Br2N4O2S4. The number of aromatic nitrogens is 2. The highest BCUT2D eigenvalue weighted by Gasteiger charge is 2.51. The number of hydrogen-bond donors (Lipinski definition) is 0. The number of amides is 2. The number of halogens is 2. The van der Waals surface area contributed by atoms with Crippen molar-refractivity contribution in [1.29, 1.82) is 0 Å². The molecule has 2 aliphatic rings. The number of unbranched alkanes of at least 4 members (excludes halogenated alkanes) is 22. The highest BCUT2D eigenvalue weighted by molar-refractivity contribution is 9.11. The molecule has 4 aromatic rings. The molecule has 0 saturated heterocycles. The first kappa shape index (κ1) is 63.2. The van der Waals surface area contributed by atoms with Gasteiger partial charge < -0.3 is 9.80 Å². The summed E-state index contributed by atoms with van der Waals surface area (Å²) in [7, 11) is 0. The standard InChI is InChI=1S/C64H96Br2N4O2S4/c1-7-13-19-25-27-31-37-47(35-29-21-15-9-3)45-69-57(61-67-43-53(75-61)51-41-49(59(65)73-51)39-33-23-17-11-5)55-56(63(69)71)58(62-68-44-54(76-62)52-42-50(60(66)74-52)40-34-24-18-12-6)70(64(55)72)46-48(36-30-22-16-10-4)38-32-28-26-20-14-8-2/h41-44,47-48H,7-40,45-46H2,1-6H3. The van der Waals surface area contributed by atoms with Crippen LogP contribution in [0.25, 0.3) is 30.9 Å². The second-order valence-corrected chi connectivity index (χ2v) is 29.1. The minimum Gasteiger partial charge on any atom is -0.304 e. The van der Waals surface area contributed by atoms with Crippen molar-refractivity contribution in [1.82, 2.24) is 19.8 Å². The minimum atomic E-state index is -0.0391. The zero-order chi connectivity index (χ0) is 54.1. The van der Waals surface area contributed by atoms with Gasteiger partial charge in [-0.1, -0.05) is 208 Å². The summed E-state index contributed by atoms with van der Waals surface area (Å²) in [5.41, 5.74) is 5.30. The van der Waals surface area contributed by atoms with Crippen LogP contribution in [0.5, 0.6) is 0 Å². The average Bonchev–Trinajstić information content (AvgIpc) is 4.32. The van der Waals surface area contributed by atoms with E-state index in [1.165, 1.54) is 195 Å². The Hall–Kier alpha value is -1.96. The number of thiazole rings is 2. The number of rotatable bonds is 42. The predicted octanol–water partition coefficient (Wildman–Crippen LogP) is 22.3. The van der Waals surface area contributed by atoms with Crippen LogP contribution in [0.15, 0.2) is 43.2 Å². The van der Waals surface area contributed by atoms with E-state index in [-0.39, 0.29) is 11.8 Å². The molecule has 0 aliphatic carbocycles. The van der Waals surface area contributed by atoms with Gasteiger partial charge in [0, 0.05) is 35.2 Å². The second kappa shape index (κ2) is 35.0. The third-order valence-corrected chi connectivity index (χ3v) is 22.3. The Morgan fingerprint density at radius 3 is 1.05 bits per heavy atom. The van der Waals surface area contributed by atoms with Gasteiger partial charge in [0.25, 0.3) is 11.8 Å². The maximum Gasteiger partial charge on any atom is 0.261 e. The van der Waals surface area contributed by atoms with Gasteiger partial charge in [-0.15, -0.1) is 45.3 Å². The molecule has 0 bridgehead atoms. The van der Waals surface area contributed by atoms with Gasteiger partial charge in [-0.2, -0.15) is 0 Å².